The number of hydrogen-bond donors (Lipinski definition) is 2. The van der Waals surface area contributed by atoms with Gasteiger partial charge < -0.3 is 15.5 Å². The van der Waals surface area contributed by atoms with Gasteiger partial charge in [-0.15, -0.1) is 5.10 Å². The molecule has 1 fully saturated rings. The number of nitrogens with two attached hydrogens (primary N) is 2. The molecule has 1 saturated heterocycles. The fourth-order valence-electron chi connectivity index (χ4n) is 4.14. The lowest BCUT2D eigenvalue weighted by Crippen LogP contribution is -2.49. The minimum absolute atomic E-state index is 0.661. The number of rotatable bonds is 7. The van der Waals surface area contributed by atoms with Crippen molar-refractivity contribution in [2.75, 3.05) is 39.5 Å². The summed E-state index contributed by atoms with van der Waals surface area (Å²) in [6.45, 7) is 4.83. The van der Waals surface area contributed by atoms with E-state index in [1.807, 2.05) is 21.8 Å². The number of hydrazone groups is 1. The largest absolute Gasteiger partial charge is 0.494 e. The summed E-state index contributed by atoms with van der Waals surface area (Å²) in [5.74, 6) is 13.7. The quantitative estimate of drug-likeness (QED) is 0.128. The van der Waals surface area contributed by atoms with E-state index in [0.29, 0.717) is 5.96 Å². The molecular weight excluding hydrogens is 404 g/mol. The molecule has 0 bridgehead atoms. The summed E-state index contributed by atoms with van der Waals surface area (Å²) < 4.78 is 8.48. The summed E-state index contributed by atoms with van der Waals surface area (Å²) in [4.78, 5) is 2.17. The minimum Gasteiger partial charge on any atom is -0.494 e. The molecule has 162 valence electrons. The first kappa shape index (κ1) is 22.4. The summed E-state index contributed by atoms with van der Waals surface area (Å²) in [6.07, 6.45) is 7.82. The van der Waals surface area contributed by atoms with Crippen molar-refractivity contribution >= 4 is 27.7 Å². The van der Waals surface area contributed by atoms with E-state index in [1.54, 1.807) is 7.05 Å². The molecular formula is C20H34N6OS2. The SMILES string of the molecule is CSSN1CCc2cc(OCCCC3CCN(/C(=N/N)N(C)N)CC3)ccc2C1. The number of hydrogen-bond acceptors (Lipinski definition) is 7. The van der Waals surface area contributed by atoms with Crippen LogP contribution in [-0.4, -0.2) is 59.7 Å². The average molecular weight is 439 g/mol. The van der Waals surface area contributed by atoms with E-state index in [2.05, 4.69) is 38.8 Å². The molecule has 2 aliphatic rings. The van der Waals surface area contributed by atoms with Gasteiger partial charge >= 0.3 is 0 Å². The molecule has 0 amide bonds. The molecule has 29 heavy (non-hydrogen) atoms. The highest BCUT2D eigenvalue weighted by molar-refractivity contribution is 8.75. The first-order valence-electron chi connectivity index (χ1n) is 10.3. The summed E-state index contributed by atoms with van der Waals surface area (Å²) in [5, 5.41) is 5.30. The number of ether oxygens (including phenoxy) is 1. The van der Waals surface area contributed by atoms with Crippen LogP contribution in [0.2, 0.25) is 0 Å². The van der Waals surface area contributed by atoms with Crippen LogP contribution in [0.5, 0.6) is 5.75 Å². The first-order valence-corrected chi connectivity index (χ1v) is 12.8. The third-order valence-electron chi connectivity index (χ3n) is 5.69. The zero-order valence-electron chi connectivity index (χ0n) is 17.5. The van der Waals surface area contributed by atoms with E-state index in [1.165, 1.54) is 22.6 Å². The zero-order valence-corrected chi connectivity index (χ0v) is 19.2. The first-order chi connectivity index (χ1) is 14.1. The molecule has 0 unspecified atom stereocenters. The molecule has 0 aliphatic carbocycles. The average Bonchev–Trinajstić information content (AvgIpc) is 2.73. The van der Waals surface area contributed by atoms with Gasteiger partial charge in [0.25, 0.3) is 0 Å². The van der Waals surface area contributed by atoms with Gasteiger partial charge in [0, 0.05) is 33.2 Å². The molecule has 2 heterocycles. The summed E-state index contributed by atoms with van der Waals surface area (Å²) in [5.41, 5.74) is 2.87. The standard InChI is InChI=1S/C20H34N6OS2/c1-24(22)20(23-21)25-10-7-16(8-11-25)4-3-13-27-19-6-5-18-15-26(29-28-2)12-9-17(18)14-19/h5-6,14,16H,3-4,7-13,15,21-22H2,1-2H3/b23-20+. The second-order valence-corrected chi connectivity index (χ2v) is 10.2. The normalized spacial score (nSPS) is 18.6. The fraction of sp³-hybridized carbons (Fsp3) is 0.650. The minimum atomic E-state index is 0.661. The van der Waals surface area contributed by atoms with Crippen molar-refractivity contribution in [3.63, 3.8) is 0 Å². The van der Waals surface area contributed by atoms with Crippen LogP contribution in [0.15, 0.2) is 23.3 Å². The van der Waals surface area contributed by atoms with Crippen LogP contribution in [0.4, 0.5) is 0 Å². The van der Waals surface area contributed by atoms with Gasteiger partial charge in [-0.25, -0.2) is 10.1 Å². The third-order valence-corrected chi connectivity index (χ3v) is 7.44. The lowest BCUT2D eigenvalue weighted by Gasteiger charge is -2.35. The zero-order chi connectivity index (χ0) is 20.6. The topological polar surface area (TPSA) is 83.4 Å². The van der Waals surface area contributed by atoms with E-state index in [9.17, 15) is 0 Å². The van der Waals surface area contributed by atoms with Crippen LogP contribution in [0, 0.1) is 5.92 Å². The Kier molecular flexibility index (Phi) is 8.65. The van der Waals surface area contributed by atoms with Gasteiger partial charge in [0.1, 0.15) is 5.75 Å². The predicted molar refractivity (Wildman–Crippen MR) is 124 cm³/mol. The predicted octanol–water partition coefficient (Wildman–Crippen LogP) is 2.88. The summed E-state index contributed by atoms with van der Waals surface area (Å²) >= 11 is 0. The maximum Gasteiger partial charge on any atom is 0.232 e. The van der Waals surface area contributed by atoms with Gasteiger partial charge in [0.15, 0.2) is 0 Å². The van der Waals surface area contributed by atoms with Crippen molar-refractivity contribution in [3.05, 3.63) is 29.3 Å². The molecule has 4 N–H and O–H groups in total. The highest BCUT2D eigenvalue weighted by Crippen LogP contribution is 2.31. The second kappa shape index (κ2) is 11.2. The Labute approximate surface area is 182 Å². The number of likely N-dealkylation sites (tertiary alicyclic amines) is 1. The lowest BCUT2D eigenvalue weighted by atomic mass is 9.92. The molecule has 9 heteroatoms. The van der Waals surface area contributed by atoms with E-state index >= 15 is 0 Å². The van der Waals surface area contributed by atoms with Crippen molar-refractivity contribution in [2.45, 2.75) is 38.6 Å². The number of piperidine rings is 1. The van der Waals surface area contributed by atoms with Gasteiger partial charge in [-0.1, -0.05) is 16.9 Å². The Morgan fingerprint density at radius 3 is 2.76 bits per heavy atom. The van der Waals surface area contributed by atoms with Gasteiger partial charge in [0.2, 0.25) is 5.96 Å². The summed E-state index contributed by atoms with van der Waals surface area (Å²) in [7, 11) is 5.43. The maximum absolute atomic E-state index is 6.05. The Morgan fingerprint density at radius 1 is 1.28 bits per heavy atom. The second-order valence-electron chi connectivity index (χ2n) is 7.75. The van der Waals surface area contributed by atoms with Gasteiger partial charge in [-0.2, -0.15) is 0 Å². The number of fused-ring (bicyclic) bond motifs is 1. The molecule has 0 aromatic heterocycles. The fourth-order valence-corrected chi connectivity index (χ4v) is 5.72. The number of guanidine groups is 1. The smallest absolute Gasteiger partial charge is 0.232 e. The number of benzene rings is 1. The van der Waals surface area contributed by atoms with Crippen molar-refractivity contribution in [3.8, 4) is 5.75 Å². The van der Waals surface area contributed by atoms with Crippen LogP contribution in [-0.2, 0) is 13.0 Å². The molecule has 0 atom stereocenters. The molecule has 1 aromatic rings. The molecule has 0 saturated carbocycles. The van der Waals surface area contributed by atoms with Crippen molar-refractivity contribution in [1.82, 2.24) is 14.2 Å². The number of hydrazine groups is 1. The van der Waals surface area contributed by atoms with E-state index in [-0.39, 0.29) is 0 Å². The van der Waals surface area contributed by atoms with Gasteiger partial charge in [0.05, 0.1) is 6.61 Å². The Bertz CT molecular complexity index is 679. The van der Waals surface area contributed by atoms with Gasteiger partial charge in [-0.05, 0) is 78.5 Å². The molecule has 3 rings (SSSR count). The lowest BCUT2D eigenvalue weighted by molar-refractivity contribution is 0.218. The van der Waals surface area contributed by atoms with Crippen LogP contribution >= 0.6 is 21.8 Å². The monoisotopic (exact) mass is 438 g/mol. The number of nitrogens with zero attached hydrogens (tertiary/aromatic N) is 4. The van der Waals surface area contributed by atoms with Crippen molar-refractivity contribution < 1.29 is 4.74 Å². The van der Waals surface area contributed by atoms with Crippen LogP contribution in [0.1, 0.15) is 36.8 Å². The molecule has 0 spiro atoms. The molecule has 2 aliphatic heterocycles. The van der Waals surface area contributed by atoms with E-state index < -0.39 is 0 Å². The molecule has 1 aromatic carbocycles. The Balaban J connectivity index is 1.36. The van der Waals surface area contributed by atoms with Crippen molar-refractivity contribution in [2.24, 2.45) is 22.7 Å². The molecule has 7 nitrogen and oxygen atoms in total. The van der Waals surface area contributed by atoms with Gasteiger partial charge in [-0.3, -0.25) is 5.01 Å². The van der Waals surface area contributed by atoms with Crippen LogP contribution in [0.3, 0.4) is 0 Å². The van der Waals surface area contributed by atoms with Crippen LogP contribution < -0.4 is 16.4 Å². The third kappa shape index (κ3) is 6.34. The highest BCUT2D eigenvalue weighted by Gasteiger charge is 2.22. The van der Waals surface area contributed by atoms with Crippen molar-refractivity contribution in [1.29, 1.82) is 0 Å². The highest BCUT2D eigenvalue weighted by atomic mass is 33.1. The summed E-state index contributed by atoms with van der Waals surface area (Å²) in [6, 6.07) is 6.60. The Morgan fingerprint density at radius 2 is 2.07 bits per heavy atom. The maximum atomic E-state index is 6.05. The van der Waals surface area contributed by atoms with E-state index in [4.69, 9.17) is 16.4 Å². The van der Waals surface area contributed by atoms with E-state index in [0.717, 1.165) is 70.1 Å². The Hall–Kier alpha value is -1.29. The van der Waals surface area contributed by atoms with Crippen LogP contribution in [0.25, 0.3) is 0 Å². The molecule has 0 radical (unpaired) electrons.